The van der Waals surface area contributed by atoms with E-state index in [1.807, 2.05) is 0 Å². The second-order valence-electron chi connectivity index (χ2n) is 6.33. The lowest BCUT2D eigenvalue weighted by atomic mass is 9.96. The predicted octanol–water partition coefficient (Wildman–Crippen LogP) is 1.13. The molecule has 5 heteroatoms. The van der Waals surface area contributed by atoms with Crippen molar-refractivity contribution in [1.29, 1.82) is 0 Å². The van der Waals surface area contributed by atoms with E-state index in [1.54, 1.807) is 0 Å². The predicted molar refractivity (Wildman–Crippen MR) is 84.3 cm³/mol. The van der Waals surface area contributed by atoms with Crippen molar-refractivity contribution < 1.29 is 9.53 Å². The minimum atomic E-state index is 0.178. The summed E-state index contributed by atoms with van der Waals surface area (Å²) in [7, 11) is 0. The van der Waals surface area contributed by atoms with Gasteiger partial charge in [0.2, 0.25) is 5.91 Å². The molecule has 2 heterocycles. The number of likely N-dealkylation sites (N-methyl/N-ethyl adjacent to an activating group) is 1. The van der Waals surface area contributed by atoms with E-state index < -0.39 is 0 Å². The van der Waals surface area contributed by atoms with Gasteiger partial charge in [-0.15, -0.1) is 0 Å². The van der Waals surface area contributed by atoms with Gasteiger partial charge in [0.05, 0.1) is 6.54 Å². The van der Waals surface area contributed by atoms with E-state index in [-0.39, 0.29) is 5.91 Å². The van der Waals surface area contributed by atoms with E-state index in [9.17, 15) is 4.79 Å². The van der Waals surface area contributed by atoms with Crippen LogP contribution in [-0.2, 0) is 9.53 Å². The molecule has 2 aliphatic rings. The molecule has 5 nitrogen and oxygen atoms in total. The van der Waals surface area contributed by atoms with E-state index in [0.717, 1.165) is 39.1 Å². The fraction of sp³-hybridized carbons (Fsp3) is 0.938. The van der Waals surface area contributed by atoms with Gasteiger partial charge in [-0.3, -0.25) is 9.69 Å². The molecule has 0 aliphatic carbocycles. The topological polar surface area (TPSA) is 53.6 Å². The Kier molecular flexibility index (Phi) is 6.93. The van der Waals surface area contributed by atoms with Gasteiger partial charge >= 0.3 is 0 Å². The van der Waals surface area contributed by atoms with Crippen molar-refractivity contribution in [1.82, 2.24) is 15.5 Å². The van der Waals surface area contributed by atoms with Crippen LogP contribution in [0.3, 0.4) is 0 Å². The summed E-state index contributed by atoms with van der Waals surface area (Å²) in [5.74, 6) is 0.178. The average molecular weight is 297 g/mol. The van der Waals surface area contributed by atoms with Crippen LogP contribution in [0, 0.1) is 0 Å². The van der Waals surface area contributed by atoms with Gasteiger partial charge in [-0.1, -0.05) is 13.3 Å². The van der Waals surface area contributed by atoms with Crippen LogP contribution in [-0.4, -0.2) is 61.8 Å². The summed E-state index contributed by atoms with van der Waals surface area (Å²) >= 11 is 0. The Bertz CT molecular complexity index is 319. The van der Waals surface area contributed by atoms with Crippen molar-refractivity contribution in [3.63, 3.8) is 0 Å². The third-order valence-electron chi connectivity index (χ3n) is 4.70. The number of amides is 1. The zero-order chi connectivity index (χ0) is 15.1. The number of likely N-dealkylation sites (tertiary alicyclic amines) is 1. The second kappa shape index (κ2) is 8.71. The molecule has 2 unspecified atom stereocenters. The summed E-state index contributed by atoms with van der Waals surface area (Å²) in [6.45, 7) is 8.49. The average Bonchev–Trinajstić information content (AvgIpc) is 2.49. The molecule has 21 heavy (non-hydrogen) atoms. The molecule has 122 valence electrons. The van der Waals surface area contributed by atoms with Crippen molar-refractivity contribution in [2.45, 2.75) is 64.1 Å². The first-order valence-corrected chi connectivity index (χ1v) is 8.55. The van der Waals surface area contributed by atoms with Crippen LogP contribution in [0.15, 0.2) is 0 Å². The van der Waals surface area contributed by atoms with E-state index >= 15 is 0 Å². The molecule has 2 atom stereocenters. The van der Waals surface area contributed by atoms with E-state index in [4.69, 9.17) is 4.74 Å². The standard InChI is InChI=1S/C16H31N3O2/c1-3-17-13(2)15-6-4-5-9-19(15)12-16(20)18-14-7-10-21-11-8-14/h13-15,17H,3-12H2,1-2H3,(H,18,20). The zero-order valence-corrected chi connectivity index (χ0v) is 13.6. The third-order valence-corrected chi connectivity index (χ3v) is 4.70. The van der Waals surface area contributed by atoms with E-state index in [0.29, 0.717) is 24.7 Å². The minimum Gasteiger partial charge on any atom is -0.381 e. The maximum absolute atomic E-state index is 12.3. The van der Waals surface area contributed by atoms with Crippen molar-refractivity contribution in [3.8, 4) is 0 Å². The highest BCUT2D eigenvalue weighted by molar-refractivity contribution is 5.78. The lowest BCUT2D eigenvalue weighted by Crippen LogP contribution is -2.54. The Hall–Kier alpha value is -0.650. The van der Waals surface area contributed by atoms with Gasteiger partial charge in [-0.25, -0.2) is 0 Å². The smallest absolute Gasteiger partial charge is 0.234 e. The second-order valence-corrected chi connectivity index (χ2v) is 6.33. The Labute approximate surface area is 128 Å². The van der Waals surface area contributed by atoms with Gasteiger partial charge in [0.15, 0.2) is 0 Å². The molecular weight excluding hydrogens is 266 g/mol. The van der Waals surface area contributed by atoms with Gasteiger partial charge < -0.3 is 15.4 Å². The maximum Gasteiger partial charge on any atom is 0.234 e. The normalized spacial score (nSPS) is 26.5. The van der Waals surface area contributed by atoms with Gasteiger partial charge in [-0.2, -0.15) is 0 Å². The summed E-state index contributed by atoms with van der Waals surface area (Å²) in [4.78, 5) is 14.7. The van der Waals surface area contributed by atoms with E-state index in [2.05, 4.69) is 29.4 Å². The number of piperidine rings is 1. The number of carbonyl (C=O) groups is 1. The SMILES string of the molecule is CCNC(C)C1CCCCN1CC(=O)NC1CCOCC1. The minimum absolute atomic E-state index is 0.178. The molecule has 0 bridgehead atoms. The number of hydrogen-bond donors (Lipinski definition) is 2. The lowest BCUT2D eigenvalue weighted by molar-refractivity contribution is -0.124. The Morgan fingerprint density at radius 3 is 2.76 bits per heavy atom. The molecule has 0 aromatic heterocycles. The van der Waals surface area contributed by atoms with Crippen molar-refractivity contribution in [2.75, 3.05) is 32.8 Å². The molecule has 0 spiro atoms. The molecule has 2 fully saturated rings. The number of ether oxygens (including phenoxy) is 1. The summed E-state index contributed by atoms with van der Waals surface area (Å²) < 4.78 is 5.34. The van der Waals surface area contributed by atoms with Crippen LogP contribution in [0.25, 0.3) is 0 Å². The molecule has 0 saturated carbocycles. The summed E-state index contributed by atoms with van der Waals surface area (Å²) in [5.41, 5.74) is 0. The van der Waals surface area contributed by atoms with Crippen LogP contribution in [0.2, 0.25) is 0 Å². The molecule has 2 N–H and O–H groups in total. The number of rotatable bonds is 6. The molecule has 0 aromatic rings. The van der Waals surface area contributed by atoms with Crippen LogP contribution < -0.4 is 10.6 Å². The molecule has 2 rings (SSSR count). The monoisotopic (exact) mass is 297 g/mol. The van der Waals surface area contributed by atoms with Gasteiger partial charge in [-0.05, 0) is 45.7 Å². The highest BCUT2D eigenvalue weighted by Crippen LogP contribution is 2.19. The molecular formula is C16H31N3O2. The molecule has 0 aromatic carbocycles. The fourth-order valence-electron chi connectivity index (χ4n) is 3.54. The van der Waals surface area contributed by atoms with Crippen molar-refractivity contribution in [3.05, 3.63) is 0 Å². The highest BCUT2D eigenvalue weighted by Gasteiger charge is 2.28. The molecule has 2 aliphatic heterocycles. The highest BCUT2D eigenvalue weighted by atomic mass is 16.5. The largest absolute Gasteiger partial charge is 0.381 e. The first kappa shape index (κ1) is 16.7. The quantitative estimate of drug-likeness (QED) is 0.772. The summed E-state index contributed by atoms with van der Waals surface area (Å²) in [6, 6.07) is 1.24. The van der Waals surface area contributed by atoms with E-state index in [1.165, 1.54) is 19.3 Å². The van der Waals surface area contributed by atoms with Gasteiger partial charge in [0.1, 0.15) is 0 Å². The van der Waals surface area contributed by atoms with Crippen molar-refractivity contribution >= 4 is 5.91 Å². The first-order chi connectivity index (χ1) is 10.2. The summed E-state index contributed by atoms with van der Waals surface area (Å²) in [5, 5.41) is 6.69. The molecule has 0 radical (unpaired) electrons. The van der Waals surface area contributed by atoms with Crippen LogP contribution >= 0.6 is 0 Å². The van der Waals surface area contributed by atoms with Gasteiger partial charge in [0.25, 0.3) is 0 Å². The number of nitrogens with zero attached hydrogens (tertiary/aromatic N) is 1. The summed E-state index contributed by atoms with van der Waals surface area (Å²) in [6.07, 6.45) is 5.57. The number of nitrogens with one attached hydrogen (secondary N) is 2. The fourth-order valence-corrected chi connectivity index (χ4v) is 3.54. The molecule has 2 saturated heterocycles. The lowest BCUT2D eigenvalue weighted by Gasteiger charge is -2.39. The van der Waals surface area contributed by atoms with Crippen molar-refractivity contribution in [2.24, 2.45) is 0 Å². The first-order valence-electron chi connectivity index (χ1n) is 8.55. The Morgan fingerprint density at radius 1 is 1.29 bits per heavy atom. The Balaban J connectivity index is 1.81. The molecule has 1 amide bonds. The number of hydrogen-bond acceptors (Lipinski definition) is 4. The zero-order valence-electron chi connectivity index (χ0n) is 13.6. The number of carbonyl (C=O) groups excluding carboxylic acids is 1. The Morgan fingerprint density at radius 2 is 2.05 bits per heavy atom. The van der Waals surface area contributed by atoms with Crippen LogP contribution in [0.1, 0.15) is 46.0 Å². The third kappa shape index (κ3) is 5.24. The van der Waals surface area contributed by atoms with Crippen LogP contribution in [0.5, 0.6) is 0 Å². The van der Waals surface area contributed by atoms with Gasteiger partial charge in [0, 0.05) is 31.3 Å². The van der Waals surface area contributed by atoms with Crippen LogP contribution in [0.4, 0.5) is 0 Å². The maximum atomic E-state index is 12.3.